The molecule has 0 aliphatic heterocycles. The number of benzene rings is 4. The Hall–Kier alpha value is -4.58. The van der Waals surface area contributed by atoms with Crippen LogP contribution < -0.4 is 9.47 Å². The van der Waals surface area contributed by atoms with E-state index in [2.05, 4.69) is 0 Å². The van der Waals surface area contributed by atoms with Gasteiger partial charge in [-0.3, -0.25) is 4.90 Å². The van der Waals surface area contributed by atoms with Crippen LogP contribution in [-0.4, -0.2) is 78.0 Å². The summed E-state index contributed by atoms with van der Waals surface area (Å²) in [5, 5.41) is 0. The van der Waals surface area contributed by atoms with E-state index < -0.39 is 51.9 Å². The van der Waals surface area contributed by atoms with Crippen LogP contribution in [0.1, 0.15) is 74.9 Å². The molecule has 0 aliphatic rings. The van der Waals surface area contributed by atoms with Crippen LogP contribution in [0.4, 0.5) is 22.8 Å². The largest absolute Gasteiger partial charge is 0.511 e. The van der Waals surface area contributed by atoms with E-state index in [1.54, 1.807) is 83.3 Å². The standard InChI is InChI=1S/C45H56F3N3O8S3/c1-29-21-35(15-19-39(29)60-11)57-37-17-13-31(23-33(37)27-49(9)41(52)59-44(6,7)8)25-50(62(54,55)45(46,47)48)26-32-14-18-38(58-36-16-20-40(61-12)30(2)22-36)34(24-32)28-51(42(53)56-10)43(3,4)5/h13-24H,25-28H2,1-12H3. The minimum absolute atomic E-state index is 0.0806. The summed E-state index contributed by atoms with van der Waals surface area (Å²) < 4.78 is 93.7. The average molecular weight is 920 g/mol. The number of ether oxygens (including phenoxy) is 4. The molecule has 0 aliphatic carbocycles. The first-order chi connectivity index (χ1) is 28.8. The number of aryl methyl sites for hydroxylation is 2. The maximum absolute atomic E-state index is 14.5. The Labute approximate surface area is 372 Å². The average Bonchev–Trinajstić information content (AvgIpc) is 3.16. The van der Waals surface area contributed by atoms with Gasteiger partial charge in [-0.1, -0.05) is 12.1 Å². The number of halogens is 3. The number of sulfonamides is 1. The molecule has 0 atom stereocenters. The van der Waals surface area contributed by atoms with E-state index >= 15 is 0 Å². The van der Waals surface area contributed by atoms with E-state index in [9.17, 15) is 31.2 Å². The third-order valence-electron chi connectivity index (χ3n) is 9.43. The van der Waals surface area contributed by atoms with Crippen molar-refractivity contribution in [2.45, 2.75) is 108 Å². The number of nitrogens with zero attached hydrogens (tertiary/aromatic N) is 3. The lowest BCUT2D eigenvalue weighted by atomic mass is 10.0. The van der Waals surface area contributed by atoms with E-state index in [1.807, 2.05) is 50.6 Å². The second-order valence-corrected chi connectivity index (χ2v) is 20.3. The highest BCUT2D eigenvalue weighted by Gasteiger charge is 2.50. The number of thioether (sulfide) groups is 2. The zero-order valence-corrected chi connectivity index (χ0v) is 39.7. The Balaban J connectivity index is 1.80. The Bertz CT molecular complexity index is 2350. The van der Waals surface area contributed by atoms with Crippen LogP contribution in [0.2, 0.25) is 0 Å². The van der Waals surface area contributed by atoms with Crippen LogP contribution in [-0.2, 0) is 45.7 Å². The van der Waals surface area contributed by atoms with Crippen molar-refractivity contribution in [3.63, 3.8) is 0 Å². The lowest BCUT2D eigenvalue weighted by Crippen LogP contribution is -2.45. The molecule has 0 saturated heterocycles. The zero-order chi connectivity index (χ0) is 46.4. The number of carbonyl (C=O) groups excluding carboxylic acids is 2. The number of alkyl halides is 3. The van der Waals surface area contributed by atoms with Crippen LogP contribution in [0.25, 0.3) is 0 Å². The van der Waals surface area contributed by atoms with Crippen LogP contribution >= 0.6 is 23.5 Å². The monoisotopic (exact) mass is 919 g/mol. The first-order valence-electron chi connectivity index (χ1n) is 19.5. The first-order valence-corrected chi connectivity index (χ1v) is 23.4. The molecular weight excluding hydrogens is 864 g/mol. The topological polar surface area (TPSA) is 115 Å². The number of carbonyl (C=O) groups is 2. The van der Waals surface area contributed by atoms with Crippen LogP contribution in [0, 0.1) is 13.8 Å². The maximum atomic E-state index is 14.5. The summed E-state index contributed by atoms with van der Waals surface area (Å²) >= 11 is 3.15. The van der Waals surface area contributed by atoms with Gasteiger partial charge in [0.1, 0.15) is 28.6 Å². The van der Waals surface area contributed by atoms with E-state index in [0.717, 1.165) is 20.9 Å². The zero-order valence-electron chi connectivity index (χ0n) is 37.2. The fraction of sp³-hybridized carbons (Fsp3) is 0.422. The van der Waals surface area contributed by atoms with Crippen molar-refractivity contribution in [2.24, 2.45) is 0 Å². The fourth-order valence-corrected chi connectivity index (χ4v) is 8.39. The molecule has 4 rings (SSSR count). The van der Waals surface area contributed by atoms with Gasteiger partial charge in [-0.2, -0.15) is 17.5 Å². The molecule has 11 nitrogen and oxygen atoms in total. The van der Waals surface area contributed by atoms with Gasteiger partial charge in [0.15, 0.2) is 0 Å². The molecular formula is C45H56F3N3O8S3. The minimum atomic E-state index is -5.92. The van der Waals surface area contributed by atoms with Crippen LogP contribution in [0.15, 0.2) is 82.6 Å². The van der Waals surface area contributed by atoms with E-state index in [1.165, 1.54) is 54.3 Å². The Morgan fingerprint density at radius 1 is 0.661 bits per heavy atom. The quantitative estimate of drug-likeness (QED) is 0.107. The van der Waals surface area contributed by atoms with Gasteiger partial charge in [-0.15, -0.1) is 23.5 Å². The van der Waals surface area contributed by atoms with Gasteiger partial charge in [-0.05, 0) is 151 Å². The van der Waals surface area contributed by atoms with Crippen molar-refractivity contribution in [1.29, 1.82) is 0 Å². The predicted molar refractivity (Wildman–Crippen MR) is 239 cm³/mol. The molecule has 0 N–H and O–H groups in total. The SMILES string of the molecule is COC(=O)N(Cc1cc(CN(Cc2ccc(Oc3ccc(SC)c(C)c3)c(CN(C)C(=O)OC(C)(C)C)c2)S(=O)(=O)C(F)(F)F)ccc1Oc1ccc(SC)c(C)c1)C(C)(C)C. The molecule has 0 aromatic heterocycles. The maximum Gasteiger partial charge on any atom is 0.511 e. The van der Waals surface area contributed by atoms with Crippen LogP contribution in [0.5, 0.6) is 23.0 Å². The molecule has 17 heteroatoms. The third-order valence-corrected chi connectivity index (χ3v) is 12.8. The fourth-order valence-electron chi connectivity index (χ4n) is 6.29. The number of rotatable bonds is 15. The molecule has 4 aromatic carbocycles. The molecule has 338 valence electrons. The van der Waals surface area contributed by atoms with Gasteiger partial charge in [0.25, 0.3) is 0 Å². The molecule has 4 aromatic rings. The molecule has 0 heterocycles. The smallest absolute Gasteiger partial charge is 0.457 e. The van der Waals surface area contributed by atoms with Gasteiger partial charge in [0, 0.05) is 46.6 Å². The van der Waals surface area contributed by atoms with Gasteiger partial charge >= 0.3 is 27.7 Å². The Morgan fingerprint density at radius 2 is 1.11 bits per heavy atom. The molecule has 2 amide bonds. The summed E-state index contributed by atoms with van der Waals surface area (Å²) in [6.07, 6.45) is 2.61. The summed E-state index contributed by atoms with van der Waals surface area (Å²) in [5.74, 6) is 1.59. The summed E-state index contributed by atoms with van der Waals surface area (Å²) in [6.45, 7) is 12.9. The molecule has 0 fully saturated rings. The Morgan fingerprint density at radius 3 is 1.48 bits per heavy atom. The molecule has 62 heavy (non-hydrogen) atoms. The van der Waals surface area contributed by atoms with E-state index in [4.69, 9.17) is 18.9 Å². The van der Waals surface area contributed by atoms with Gasteiger partial charge in [0.2, 0.25) is 0 Å². The first kappa shape index (κ1) is 50.1. The number of hydrogen-bond acceptors (Lipinski definition) is 10. The van der Waals surface area contributed by atoms with Crippen LogP contribution in [0.3, 0.4) is 0 Å². The lowest BCUT2D eigenvalue weighted by molar-refractivity contribution is -0.0494. The number of amides is 2. The normalized spacial score (nSPS) is 12.3. The predicted octanol–water partition coefficient (Wildman–Crippen LogP) is 11.9. The summed E-state index contributed by atoms with van der Waals surface area (Å²) in [6, 6.07) is 20.2. The van der Waals surface area contributed by atoms with Crippen molar-refractivity contribution in [3.8, 4) is 23.0 Å². The van der Waals surface area contributed by atoms with E-state index in [-0.39, 0.29) is 24.2 Å². The second kappa shape index (κ2) is 20.3. The van der Waals surface area contributed by atoms with Crippen molar-refractivity contribution in [1.82, 2.24) is 14.1 Å². The third kappa shape index (κ3) is 13.2. The van der Waals surface area contributed by atoms with Gasteiger partial charge in [-0.25, -0.2) is 18.0 Å². The highest BCUT2D eigenvalue weighted by Crippen LogP contribution is 2.36. The number of methoxy groups -OCH3 is 1. The van der Waals surface area contributed by atoms with Gasteiger partial charge in [0.05, 0.1) is 20.2 Å². The van der Waals surface area contributed by atoms with Gasteiger partial charge < -0.3 is 23.8 Å². The molecule has 0 saturated carbocycles. The molecule has 0 bridgehead atoms. The van der Waals surface area contributed by atoms with E-state index in [0.29, 0.717) is 38.4 Å². The van der Waals surface area contributed by atoms with Crippen molar-refractivity contribution < 1.29 is 50.1 Å². The van der Waals surface area contributed by atoms with Crippen molar-refractivity contribution in [2.75, 3.05) is 26.7 Å². The highest BCUT2D eigenvalue weighted by atomic mass is 32.2. The summed E-state index contributed by atoms with van der Waals surface area (Å²) in [5.41, 5.74) is -4.10. The molecule has 0 radical (unpaired) electrons. The summed E-state index contributed by atoms with van der Waals surface area (Å²) in [4.78, 5) is 30.9. The van der Waals surface area contributed by atoms with Crippen molar-refractivity contribution in [3.05, 3.63) is 106 Å². The lowest BCUT2D eigenvalue weighted by Gasteiger charge is -2.35. The molecule has 0 unspecified atom stereocenters. The molecule has 0 spiro atoms. The minimum Gasteiger partial charge on any atom is -0.457 e. The Kier molecular flexibility index (Phi) is 16.4. The highest BCUT2D eigenvalue weighted by molar-refractivity contribution is 7.98. The number of hydrogen-bond donors (Lipinski definition) is 0. The second-order valence-electron chi connectivity index (χ2n) is 16.6. The van der Waals surface area contributed by atoms with Crippen molar-refractivity contribution >= 4 is 45.7 Å². The summed E-state index contributed by atoms with van der Waals surface area (Å²) in [7, 11) is -3.17.